The van der Waals surface area contributed by atoms with Gasteiger partial charge < -0.3 is 9.47 Å². The maximum absolute atomic E-state index is 2.45. The van der Waals surface area contributed by atoms with Gasteiger partial charge in [-0.25, -0.2) is 0 Å². The van der Waals surface area contributed by atoms with Crippen LogP contribution in [-0.2, 0) is 5.41 Å². The lowest BCUT2D eigenvalue weighted by molar-refractivity contribution is 0.660. The second kappa shape index (κ2) is 10.6. The van der Waals surface area contributed by atoms with Gasteiger partial charge in [-0.3, -0.25) is 0 Å². The largest absolute Gasteiger partial charge is 0.310 e. The molecule has 1 heterocycles. The highest BCUT2D eigenvalue weighted by atomic mass is 15.1. The van der Waals surface area contributed by atoms with Crippen molar-refractivity contribution in [1.82, 2.24) is 4.57 Å². The van der Waals surface area contributed by atoms with Crippen molar-refractivity contribution in [3.8, 4) is 27.9 Å². The molecule has 224 valence electrons. The Hall–Kier alpha value is -5.86. The fourth-order valence-corrected chi connectivity index (χ4v) is 7.73. The number of hydrogen-bond acceptors (Lipinski definition) is 1. The van der Waals surface area contributed by atoms with Gasteiger partial charge in [-0.15, -0.1) is 0 Å². The van der Waals surface area contributed by atoms with Crippen molar-refractivity contribution in [2.75, 3.05) is 4.90 Å². The summed E-state index contributed by atoms with van der Waals surface area (Å²) in [6.45, 7) is 4.71. The molecule has 0 fully saturated rings. The van der Waals surface area contributed by atoms with Crippen LogP contribution in [0.15, 0.2) is 170 Å². The van der Waals surface area contributed by atoms with E-state index in [1.807, 2.05) is 0 Å². The van der Waals surface area contributed by atoms with E-state index < -0.39 is 0 Å². The van der Waals surface area contributed by atoms with Crippen molar-refractivity contribution in [2.45, 2.75) is 19.3 Å². The van der Waals surface area contributed by atoms with E-state index in [9.17, 15) is 0 Å². The summed E-state index contributed by atoms with van der Waals surface area (Å²) in [5, 5.41) is 2.49. The third-order valence-corrected chi connectivity index (χ3v) is 9.97. The first-order chi connectivity index (χ1) is 23.1. The maximum atomic E-state index is 2.45. The third-order valence-electron chi connectivity index (χ3n) is 9.97. The van der Waals surface area contributed by atoms with E-state index in [4.69, 9.17) is 0 Å². The van der Waals surface area contributed by atoms with E-state index in [0.717, 1.165) is 22.7 Å². The molecule has 0 amide bonds. The summed E-state index contributed by atoms with van der Waals surface area (Å²) in [7, 11) is 0. The minimum absolute atomic E-state index is 0.101. The Kier molecular flexibility index (Phi) is 6.20. The minimum Gasteiger partial charge on any atom is -0.310 e. The molecule has 1 aliphatic carbocycles. The molecule has 0 N–H and O–H groups in total. The van der Waals surface area contributed by atoms with Crippen LogP contribution in [0.2, 0.25) is 0 Å². The Morgan fingerprint density at radius 2 is 1.09 bits per heavy atom. The van der Waals surface area contributed by atoms with E-state index in [1.165, 1.54) is 55.2 Å². The van der Waals surface area contributed by atoms with Crippen LogP contribution in [0.4, 0.5) is 17.1 Å². The van der Waals surface area contributed by atoms with E-state index in [0.29, 0.717) is 0 Å². The maximum Gasteiger partial charge on any atom is 0.0562 e. The first-order valence-corrected chi connectivity index (χ1v) is 16.4. The molecule has 0 bridgehead atoms. The molecule has 0 aliphatic heterocycles. The summed E-state index contributed by atoms with van der Waals surface area (Å²) in [5.74, 6) is 0. The predicted molar refractivity (Wildman–Crippen MR) is 198 cm³/mol. The van der Waals surface area contributed by atoms with E-state index in [2.05, 4.69) is 193 Å². The number of fused-ring (bicyclic) bond motifs is 6. The highest BCUT2D eigenvalue weighted by Crippen LogP contribution is 2.52. The fraction of sp³-hybridized carbons (Fsp3) is 0.0667. The zero-order valence-corrected chi connectivity index (χ0v) is 26.6. The summed E-state index contributed by atoms with van der Waals surface area (Å²) in [6.07, 6.45) is 0. The molecule has 0 saturated heterocycles. The lowest BCUT2D eigenvalue weighted by Gasteiger charge is -2.30. The van der Waals surface area contributed by atoms with Gasteiger partial charge >= 0.3 is 0 Å². The molecule has 0 atom stereocenters. The zero-order chi connectivity index (χ0) is 31.5. The number of anilines is 3. The number of rotatable bonds is 5. The van der Waals surface area contributed by atoms with Crippen molar-refractivity contribution in [1.29, 1.82) is 0 Å². The molecule has 0 spiro atoms. The molecule has 0 saturated carbocycles. The Balaban J connectivity index is 1.37. The molecule has 0 radical (unpaired) electrons. The van der Waals surface area contributed by atoms with Gasteiger partial charge in [-0.2, -0.15) is 0 Å². The molecule has 2 heteroatoms. The fourth-order valence-electron chi connectivity index (χ4n) is 7.73. The first-order valence-electron chi connectivity index (χ1n) is 16.4. The van der Waals surface area contributed by atoms with E-state index >= 15 is 0 Å². The summed E-state index contributed by atoms with van der Waals surface area (Å²) in [5.41, 5.74) is 14.6. The van der Waals surface area contributed by atoms with Crippen LogP contribution in [0, 0.1) is 0 Å². The second-order valence-electron chi connectivity index (χ2n) is 13.0. The Bertz CT molecular complexity index is 2420. The van der Waals surface area contributed by atoms with Crippen LogP contribution in [0.5, 0.6) is 0 Å². The smallest absolute Gasteiger partial charge is 0.0562 e. The Morgan fingerprint density at radius 1 is 0.447 bits per heavy atom. The monoisotopic (exact) mass is 602 g/mol. The van der Waals surface area contributed by atoms with Crippen LogP contribution in [0.1, 0.15) is 25.0 Å². The normalized spacial score (nSPS) is 13.1. The van der Waals surface area contributed by atoms with Gasteiger partial charge in [-0.1, -0.05) is 129 Å². The molecule has 8 aromatic rings. The number of benzene rings is 7. The Morgan fingerprint density at radius 3 is 1.87 bits per heavy atom. The summed E-state index contributed by atoms with van der Waals surface area (Å²) in [6, 6.07) is 61.9. The van der Waals surface area contributed by atoms with Gasteiger partial charge in [0.25, 0.3) is 0 Å². The van der Waals surface area contributed by atoms with Gasteiger partial charge in [-0.05, 0) is 82.4 Å². The van der Waals surface area contributed by atoms with Crippen LogP contribution >= 0.6 is 0 Å². The van der Waals surface area contributed by atoms with Gasteiger partial charge in [0.05, 0.1) is 16.7 Å². The van der Waals surface area contributed by atoms with Gasteiger partial charge in [0, 0.05) is 38.8 Å². The van der Waals surface area contributed by atoms with Crippen LogP contribution in [0.25, 0.3) is 49.7 Å². The summed E-state index contributed by atoms with van der Waals surface area (Å²) in [4.78, 5) is 2.45. The standard InChI is InChI=1S/C45H34N2/c1-45(2)40-24-14-12-22-35(40)36-27-26-34(28-41(36)45)46(32-18-8-4-9-19-32)43-30-44-39(29-38(43)31-16-6-3-7-17-31)37-23-13-15-25-42(37)47(44)33-20-10-5-11-21-33/h3-30H,1-2H3. The minimum atomic E-state index is -0.101. The second-order valence-corrected chi connectivity index (χ2v) is 13.0. The average molecular weight is 603 g/mol. The molecule has 7 aromatic carbocycles. The first kappa shape index (κ1) is 27.5. The molecule has 2 nitrogen and oxygen atoms in total. The van der Waals surface area contributed by atoms with E-state index in [-0.39, 0.29) is 5.41 Å². The lowest BCUT2D eigenvalue weighted by atomic mass is 9.82. The van der Waals surface area contributed by atoms with E-state index in [1.54, 1.807) is 0 Å². The quantitative estimate of drug-likeness (QED) is 0.190. The van der Waals surface area contributed by atoms with Crippen LogP contribution in [-0.4, -0.2) is 4.57 Å². The zero-order valence-electron chi connectivity index (χ0n) is 26.6. The lowest BCUT2D eigenvalue weighted by Crippen LogP contribution is -2.17. The summed E-state index contributed by atoms with van der Waals surface area (Å²) < 4.78 is 2.41. The molecule has 1 aromatic heterocycles. The predicted octanol–water partition coefficient (Wildman–Crippen LogP) is 12.2. The molecule has 47 heavy (non-hydrogen) atoms. The van der Waals surface area contributed by atoms with Crippen LogP contribution < -0.4 is 4.90 Å². The molecule has 1 aliphatic rings. The molecule has 9 rings (SSSR count). The average Bonchev–Trinajstić information content (AvgIpc) is 3.57. The van der Waals surface area contributed by atoms with Crippen molar-refractivity contribution in [2.24, 2.45) is 0 Å². The number of hydrogen-bond donors (Lipinski definition) is 0. The van der Waals surface area contributed by atoms with Crippen LogP contribution in [0.3, 0.4) is 0 Å². The third kappa shape index (κ3) is 4.26. The van der Waals surface area contributed by atoms with Gasteiger partial charge in [0.2, 0.25) is 0 Å². The highest BCUT2D eigenvalue weighted by Gasteiger charge is 2.36. The number of aromatic nitrogens is 1. The highest BCUT2D eigenvalue weighted by molar-refractivity contribution is 6.13. The SMILES string of the molecule is CC1(C)c2ccccc2-c2ccc(N(c3ccccc3)c3cc4c(cc3-c3ccccc3)c3ccccc3n4-c3ccccc3)cc21. The topological polar surface area (TPSA) is 8.17 Å². The molecular formula is C45H34N2. The number of para-hydroxylation sites is 3. The Labute approximate surface area is 275 Å². The van der Waals surface area contributed by atoms with Gasteiger partial charge in [0.1, 0.15) is 0 Å². The number of nitrogens with zero attached hydrogens (tertiary/aromatic N) is 2. The molecular weight excluding hydrogens is 569 g/mol. The van der Waals surface area contributed by atoms with Crippen molar-refractivity contribution < 1.29 is 0 Å². The van der Waals surface area contributed by atoms with Crippen molar-refractivity contribution in [3.05, 3.63) is 181 Å². The van der Waals surface area contributed by atoms with Gasteiger partial charge in [0.15, 0.2) is 0 Å². The van der Waals surface area contributed by atoms with Crippen molar-refractivity contribution >= 4 is 38.9 Å². The van der Waals surface area contributed by atoms with Crippen molar-refractivity contribution in [3.63, 3.8) is 0 Å². The molecule has 0 unspecified atom stereocenters. The summed E-state index contributed by atoms with van der Waals surface area (Å²) >= 11 is 0.